The van der Waals surface area contributed by atoms with E-state index in [1.807, 2.05) is 0 Å². The van der Waals surface area contributed by atoms with Crippen molar-refractivity contribution >= 4 is 44.9 Å². The van der Waals surface area contributed by atoms with Gasteiger partial charge in [-0.05, 0) is 141 Å². The quantitative estimate of drug-likeness (QED) is 0.159. The Hall–Kier alpha value is -7.16. The maximum atomic E-state index is 2.57. The van der Waals surface area contributed by atoms with Gasteiger partial charge in [0, 0.05) is 39.2 Å². The van der Waals surface area contributed by atoms with Crippen molar-refractivity contribution < 1.29 is 0 Å². The SMILES string of the molecule is CC1(C)c2cc(N(c3cc4ccc3CCc3ccc(c(N(c5ccccc5)c5ccccc5)c3)CC4)c3cccc4ccccc34)ccc2-c2c(-c3ccccc3)cccc21. The minimum absolute atomic E-state index is 0.172. The van der Waals surface area contributed by atoms with E-state index in [1.165, 1.54) is 101 Å². The molecule has 5 aliphatic carbocycles. The Morgan fingerprint density at radius 2 is 0.951 bits per heavy atom. The molecule has 0 aliphatic heterocycles. The van der Waals surface area contributed by atoms with Gasteiger partial charge in [-0.3, -0.25) is 0 Å². The Morgan fingerprint density at radius 3 is 1.62 bits per heavy atom. The van der Waals surface area contributed by atoms with E-state index in [1.54, 1.807) is 0 Å². The molecule has 2 heteroatoms. The molecule has 0 fully saturated rings. The molecule has 0 unspecified atom stereocenters. The van der Waals surface area contributed by atoms with Crippen molar-refractivity contribution in [3.8, 4) is 22.3 Å². The highest BCUT2D eigenvalue weighted by atomic mass is 15.2. The fourth-order valence-electron chi connectivity index (χ4n) is 10.1. The van der Waals surface area contributed by atoms with E-state index in [0.717, 1.165) is 25.7 Å². The second-order valence-electron chi connectivity index (χ2n) is 17.2. The van der Waals surface area contributed by atoms with Gasteiger partial charge in [-0.15, -0.1) is 0 Å². The first-order chi connectivity index (χ1) is 30.0. The van der Waals surface area contributed by atoms with Crippen LogP contribution in [0, 0.1) is 0 Å². The summed E-state index contributed by atoms with van der Waals surface area (Å²) in [6.45, 7) is 4.80. The van der Waals surface area contributed by atoms with E-state index in [4.69, 9.17) is 0 Å². The van der Waals surface area contributed by atoms with E-state index in [9.17, 15) is 0 Å². The van der Waals surface area contributed by atoms with Crippen LogP contribution in [0.5, 0.6) is 0 Å². The summed E-state index contributed by atoms with van der Waals surface area (Å²) in [5.41, 5.74) is 20.5. The van der Waals surface area contributed by atoms with Crippen LogP contribution in [0.2, 0.25) is 0 Å². The molecule has 0 spiro atoms. The fraction of sp³-hybridized carbons (Fsp3) is 0.119. The van der Waals surface area contributed by atoms with Crippen molar-refractivity contribution in [2.24, 2.45) is 0 Å². The van der Waals surface area contributed by atoms with E-state index >= 15 is 0 Å². The average Bonchev–Trinajstić information content (AvgIpc) is 3.54. The average molecular weight is 785 g/mol. The van der Waals surface area contributed by atoms with Crippen molar-refractivity contribution in [1.29, 1.82) is 0 Å². The number of anilines is 6. The predicted octanol–water partition coefficient (Wildman–Crippen LogP) is 15.6. The van der Waals surface area contributed by atoms with Gasteiger partial charge < -0.3 is 9.80 Å². The largest absolute Gasteiger partial charge is 0.310 e. The summed E-state index contributed by atoms with van der Waals surface area (Å²) in [6, 6.07) is 76.8. The summed E-state index contributed by atoms with van der Waals surface area (Å²) in [7, 11) is 0. The Balaban J connectivity index is 1.05. The zero-order chi connectivity index (χ0) is 40.9. The molecule has 0 saturated heterocycles. The molecule has 0 aromatic heterocycles. The van der Waals surface area contributed by atoms with Gasteiger partial charge in [-0.25, -0.2) is 0 Å². The van der Waals surface area contributed by atoms with Crippen molar-refractivity contribution in [3.05, 3.63) is 240 Å². The lowest BCUT2D eigenvalue weighted by atomic mass is 9.81. The molecular formula is C59H48N2. The van der Waals surface area contributed by atoms with Crippen LogP contribution in [0.3, 0.4) is 0 Å². The van der Waals surface area contributed by atoms with Crippen LogP contribution in [0.25, 0.3) is 33.0 Å². The molecule has 4 bridgehead atoms. The number of hydrogen-bond acceptors (Lipinski definition) is 2. The molecule has 294 valence electrons. The lowest BCUT2D eigenvalue weighted by Crippen LogP contribution is -2.18. The van der Waals surface area contributed by atoms with Crippen LogP contribution in [0.4, 0.5) is 34.1 Å². The van der Waals surface area contributed by atoms with E-state index in [0.29, 0.717) is 0 Å². The molecule has 0 atom stereocenters. The summed E-state index contributed by atoms with van der Waals surface area (Å²) in [4.78, 5) is 5.01. The zero-order valence-electron chi connectivity index (χ0n) is 34.9. The van der Waals surface area contributed by atoms with Crippen LogP contribution in [-0.2, 0) is 31.1 Å². The molecule has 0 N–H and O–H groups in total. The number of benzene rings is 9. The summed E-state index contributed by atoms with van der Waals surface area (Å²) in [5, 5.41) is 2.49. The molecule has 5 aliphatic rings. The van der Waals surface area contributed by atoms with Crippen molar-refractivity contribution in [2.75, 3.05) is 9.80 Å². The van der Waals surface area contributed by atoms with Crippen LogP contribution < -0.4 is 9.80 Å². The maximum absolute atomic E-state index is 2.57. The number of fused-ring (bicyclic) bond motifs is 4. The predicted molar refractivity (Wildman–Crippen MR) is 258 cm³/mol. The third-order valence-corrected chi connectivity index (χ3v) is 13.2. The lowest BCUT2D eigenvalue weighted by molar-refractivity contribution is 0.660. The third kappa shape index (κ3) is 6.51. The number of nitrogens with zero attached hydrogens (tertiary/aromatic N) is 2. The number of aryl methyl sites for hydroxylation is 4. The van der Waals surface area contributed by atoms with Gasteiger partial charge in [0.2, 0.25) is 0 Å². The molecule has 2 nitrogen and oxygen atoms in total. The first-order valence-corrected chi connectivity index (χ1v) is 21.8. The van der Waals surface area contributed by atoms with E-state index < -0.39 is 0 Å². The van der Waals surface area contributed by atoms with Gasteiger partial charge in [0.05, 0.1) is 5.69 Å². The fourth-order valence-corrected chi connectivity index (χ4v) is 10.1. The highest BCUT2D eigenvalue weighted by molar-refractivity contribution is 6.00. The minimum Gasteiger partial charge on any atom is -0.310 e. The molecule has 14 rings (SSSR count). The minimum atomic E-state index is -0.172. The first kappa shape index (κ1) is 36.9. The monoisotopic (exact) mass is 784 g/mol. The number of hydrogen-bond donors (Lipinski definition) is 0. The summed E-state index contributed by atoms with van der Waals surface area (Å²) < 4.78 is 0. The highest BCUT2D eigenvalue weighted by Gasteiger charge is 2.38. The van der Waals surface area contributed by atoms with Crippen LogP contribution in [-0.4, -0.2) is 0 Å². The van der Waals surface area contributed by atoms with Gasteiger partial charge in [0.1, 0.15) is 0 Å². The summed E-state index contributed by atoms with van der Waals surface area (Å²) in [6.07, 6.45) is 3.69. The standard InChI is InChI=1S/C59H48N2/c1-59(2)53-26-15-25-51(44-16-6-3-7-17-44)58(53)52-37-36-49(40-54(52)59)61(55-27-14-19-43-18-12-13-24-50(43)55)57-39-42-29-33-45-32-28-41(30-34-46(57)35-31-42)38-56(45)60(47-20-8-4-9-21-47)48-22-10-5-11-23-48/h3-28,31-32,35-40H,29-30,33-34H2,1-2H3. The zero-order valence-corrected chi connectivity index (χ0v) is 34.9. The Kier molecular flexibility index (Phi) is 9.16. The van der Waals surface area contributed by atoms with E-state index in [2.05, 4.69) is 230 Å². The second kappa shape index (κ2) is 15.1. The Bertz CT molecular complexity index is 3010. The van der Waals surface area contributed by atoms with Gasteiger partial charge in [-0.1, -0.05) is 166 Å². The molecule has 0 amide bonds. The molecule has 9 aromatic rings. The van der Waals surface area contributed by atoms with Crippen molar-refractivity contribution in [2.45, 2.75) is 44.9 Å². The Morgan fingerprint density at radius 1 is 0.377 bits per heavy atom. The maximum Gasteiger partial charge on any atom is 0.0540 e. The second-order valence-corrected chi connectivity index (χ2v) is 17.2. The molecule has 9 aromatic carbocycles. The summed E-state index contributed by atoms with van der Waals surface area (Å²) in [5.74, 6) is 0. The van der Waals surface area contributed by atoms with Gasteiger partial charge in [0.25, 0.3) is 0 Å². The van der Waals surface area contributed by atoms with Crippen molar-refractivity contribution in [3.63, 3.8) is 0 Å². The van der Waals surface area contributed by atoms with Crippen LogP contribution >= 0.6 is 0 Å². The Labute approximate surface area is 360 Å². The molecule has 61 heavy (non-hydrogen) atoms. The normalized spacial score (nSPS) is 13.6. The number of para-hydroxylation sites is 2. The topological polar surface area (TPSA) is 6.48 Å². The first-order valence-electron chi connectivity index (χ1n) is 21.8. The molecule has 0 saturated carbocycles. The van der Waals surface area contributed by atoms with Gasteiger partial charge >= 0.3 is 0 Å². The molecule has 0 heterocycles. The highest BCUT2D eigenvalue weighted by Crippen LogP contribution is 2.54. The third-order valence-electron chi connectivity index (χ3n) is 13.2. The van der Waals surface area contributed by atoms with Crippen LogP contribution in [0.1, 0.15) is 47.2 Å². The van der Waals surface area contributed by atoms with Gasteiger partial charge in [-0.2, -0.15) is 0 Å². The van der Waals surface area contributed by atoms with Gasteiger partial charge in [0.15, 0.2) is 0 Å². The molecule has 0 radical (unpaired) electrons. The van der Waals surface area contributed by atoms with Crippen LogP contribution in [0.15, 0.2) is 206 Å². The smallest absolute Gasteiger partial charge is 0.0540 e. The van der Waals surface area contributed by atoms with Crippen molar-refractivity contribution in [1.82, 2.24) is 0 Å². The summed E-state index contributed by atoms with van der Waals surface area (Å²) >= 11 is 0. The lowest BCUT2D eigenvalue weighted by Gasteiger charge is -2.31. The molecular weight excluding hydrogens is 737 g/mol. The van der Waals surface area contributed by atoms with E-state index in [-0.39, 0.29) is 5.41 Å². The number of rotatable bonds is 7.